The number of carbonyl (C=O) groups is 5. The van der Waals surface area contributed by atoms with Crippen molar-refractivity contribution in [1.82, 2.24) is 25.0 Å². The molecule has 5 heterocycles. The second-order valence-electron chi connectivity index (χ2n) is 17.8. The number of nitrogens with one attached hydrogen (secondary N) is 3. The fraction of sp³-hybridized carbons (Fsp3) is 0.458. The summed E-state index contributed by atoms with van der Waals surface area (Å²) in [5.74, 6) is -0.656. The third-order valence-electron chi connectivity index (χ3n) is 14.0. The number of rotatable bonds is 10. The molecule has 9 rings (SSSR count). The zero-order valence-electron chi connectivity index (χ0n) is 35.4. The minimum absolute atomic E-state index is 0.0446. The number of H-pyrrole nitrogens is 1. The normalized spacial score (nSPS) is 20.4. The van der Waals surface area contributed by atoms with Gasteiger partial charge in [-0.1, -0.05) is 32.9 Å². The van der Waals surface area contributed by atoms with E-state index in [1.54, 1.807) is 17.0 Å². The Balaban J connectivity index is 0.746. The molecule has 4 aliphatic heterocycles. The number of anilines is 2. The van der Waals surface area contributed by atoms with E-state index in [0.717, 1.165) is 116 Å². The van der Waals surface area contributed by atoms with Crippen molar-refractivity contribution in [2.24, 2.45) is 0 Å². The van der Waals surface area contributed by atoms with Crippen LogP contribution in [0.5, 0.6) is 0 Å². The molecule has 3 saturated heterocycles. The van der Waals surface area contributed by atoms with Crippen LogP contribution in [0.1, 0.15) is 120 Å². The summed E-state index contributed by atoms with van der Waals surface area (Å²) in [7, 11) is 0. The van der Waals surface area contributed by atoms with Gasteiger partial charge in [-0.25, -0.2) is 0 Å². The average molecular weight is 823 g/mol. The highest BCUT2D eigenvalue weighted by Gasteiger charge is 2.42. The summed E-state index contributed by atoms with van der Waals surface area (Å²) in [5.41, 5.74) is 9.14. The molecule has 13 nitrogen and oxygen atoms in total. The lowest BCUT2D eigenvalue weighted by molar-refractivity contribution is -0.137. The van der Waals surface area contributed by atoms with Gasteiger partial charge < -0.3 is 25.0 Å². The molecule has 4 amide bonds. The lowest BCUT2D eigenvalue weighted by Crippen LogP contribution is -2.54. The molecule has 0 bridgehead atoms. The molecule has 0 spiro atoms. The zero-order chi connectivity index (χ0) is 42.6. The molecule has 1 atom stereocenters. The van der Waals surface area contributed by atoms with Crippen LogP contribution >= 0.6 is 0 Å². The van der Waals surface area contributed by atoms with E-state index in [0.29, 0.717) is 43.1 Å². The van der Waals surface area contributed by atoms with Crippen molar-refractivity contribution in [3.05, 3.63) is 93.2 Å². The number of carbonyl (C=O) groups excluding carboxylic acids is 5. The molecule has 3 N–H and O–H groups in total. The Morgan fingerprint density at radius 2 is 1.72 bits per heavy atom. The van der Waals surface area contributed by atoms with Crippen LogP contribution in [0.4, 0.5) is 11.4 Å². The van der Waals surface area contributed by atoms with E-state index < -0.39 is 17.4 Å². The Morgan fingerprint density at radius 3 is 2.46 bits per heavy atom. The smallest absolute Gasteiger partial charge is 0.255 e. The molecule has 3 aromatic carbocycles. The van der Waals surface area contributed by atoms with Gasteiger partial charge in [-0.2, -0.15) is 5.26 Å². The number of hydrogen-bond acceptors (Lipinski definition) is 9. The number of fused-ring (bicyclic) bond motifs is 5. The number of aryl methyl sites for hydroxylation is 1. The molecule has 4 aromatic rings. The number of piperidine rings is 2. The van der Waals surface area contributed by atoms with Crippen LogP contribution in [0.25, 0.3) is 10.9 Å². The molecule has 1 aromatic heterocycles. The first-order valence-corrected chi connectivity index (χ1v) is 22.0. The zero-order valence-corrected chi connectivity index (χ0v) is 35.4. The number of benzene rings is 3. The Kier molecular flexibility index (Phi) is 10.7. The van der Waals surface area contributed by atoms with E-state index in [4.69, 9.17) is 0 Å². The summed E-state index contributed by atoms with van der Waals surface area (Å²) in [4.78, 5) is 76.9. The SMILES string of the molecule is CCc1cc2c(cc1N1CCC(N3CCN(C(=O)CCCCNc4cccc5c4CN(C4CCC(=O)NC4=O)C5=O)CC3)CC1)C(C)(C)c1[nH]c3cc(C#N)ccc3c1C2=O. The summed E-state index contributed by atoms with van der Waals surface area (Å²) in [6.07, 6.45) is 5.56. The molecule has 316 valence electrons. The maximum Gasteiger partial charge on any atom is 0.255 e. The predicted octanol–water partition coefficient (Wildman–Crippen LogP) is 5.63. The Bertz CT molecular complexity index is 2500. The van der Waals surface area contributed by atoms with Crippen LogP contribution in [0.2, 0.25) is 0 Å². The van der Waals surface area contributed by atoms with E-state index in [1.165, 1.54) is 11.3 Å². The van der Waals surface area contributed by atoms with Crippen molar-refractivity contribution >= 4 is 51.7 Å². The maximum absolute atomic E-state index is 14.1. The molecule has 1 unspecified atom stereocenters. The summed E-state index contributed by atoms with van der Waals surface area (Å²) >= 11 is 0. The van der Waals surface area contributed by atoms with Crippen molar-refractivity contribution in [3.8, 4) is 6.07 Å². The fourth-order valence-corrected chi connectivity index (χ4v) is 10.5. The topological polar surface area (TPSA) is 162 Å². The number of amides is 4. The predicted molar refractivity (Wildman–Crippen MR) is 233 cm³/mol. The van der Waals surface area contributed by atoms with Crippen molar-refractivity contribution in [1.29, 1.82) is 5.26 Å². The number of aromatic amines is 1. The van der Waals surface area contributed by atoms with Crippen LogP contribution < -0.4 is 15.5 Å². The Hall–Kier alpha value is -6.00. The highest BCUT2D eigenvalue weighted by Crippen LogP contribution is 2.46. The standard InChI is InChI=1S/C48H54N8O5/c1-4-30-25-34-36(48(2,3)45-43(44(34)59)33-12-11-29(27-49)24-38(33)51-45)26-40(30)54-18-15-31(16-19-54)53-20-22-55(23-21-53)42(58)10-5-6-17-50-37-9-7-8-32-35(37)28-56(47(32)61)39-13-14-41(57)52-46(39)60/h7-9,11-12,24-26,31,39,50-51H,4-6,10,13-23,28H2,1-3H3,(H,52,57,60). The minimum Gasteiger partial charge on any atom is -0.385 e. The number of aromatic nitrogens is 1. The molecule has 1 aliphatic carbocycles. The van der Waals surface area contributed by atoms with Crippen molar-refractivity contribution in [2.45, 2.75) is 96.2 Å². The Labute approximate surface area is 356 Å². The summed E-state index contributed by atoms with van der Waals surface area (Å²) in [6.45, 7) is 12.6. The maximum atomic E-state index is 14.1. The highest BCUT2D eigenvalue weighted by molar-refractivity contribution is 6.20. The number of unbranched alkanes of at least 4 members (excludes halogenated alkanes) is 1. The van der Waals surface area contributed by atoms with Gasteiger partial charge in [-0.15, -0.1) is 0 Å². The highest BCUT2D eigenvalue weighted by atomic mass is 16.2. The minimum atomic E-state index is -0.644. The summed E-state index contributed by atoms with van der Waals surface area (Å²) in [5, 5.41) is 16.2. The van der Waals surface area contributed by atoms with E-state index in [1.807, 2.05) is 29.2 Å². The molecule has 61 heavy (non-hydrogen) atoms. The number of nitrogens with zero attached hydrogens (tertiary/aromatic N) is 5. The molecule has 5 aliphatic rings. The van der Waals surface area contributed by atoms with E-state index in [-0.39, 0.29) is 29.9 Å². The second-order valence-corrected chi connectivity index (χ2v) is 17.8. The molecule has 13 heteroatoms. The lowest BCUT2D eigenvalue weighted by Gasteiger charge is -2.44. The average Bonchev–Trinajstić information content (AvgIpc) is 3.83. The second kappa shape index (κ2) is 16.1. The van der Waals surface area contributed by atoms with Crippen LogP contribution in [0.15, 0.2) is 48.5 Å². The van der Waals surface area contributed by atoms with Crippen molar-refractivity contribution in [2.75, 3.05) is 56.0 Å². The molecule has 3 fully saturated rings. The third-order valence-corrected chi connectivity index (χ3v) is 14.0. The number of hydrogen-bond donors (Lipinski definition) is 3. The monoisotopic (exact) mass is 822 g/mol. The largest absolute Gasteiger partial charge is 0.385 e. The molecular weight excluding hydrogens is 769 g/mol. The van der Waals surface area contributed by atoms with Crippen LogP contribution in [-0.2, 0) is 32.8 Å². The van der Waals surface area contributed by atoms with Gasteiger partial charge in [0, 0.05) is 121 Å². The first-order valence-electron chi connectivity index (χ1n) is 22.0. The Morgan fingerprint density at radius 1 is 0.934 bits per heavy atom. The summed E-state index contributed by atoms with van der Waals surface area (Å²) in [6, 6.07) is 17.5. The van der Waals surface area contributed by atoms with Gasteiger partial charge in [0.05, 0.1) is 17.2 Å². The van der Waals surface area contributed by atoms with Crippen LogP contribution in [-0.4, -0.2) is 107 Å². The van der Waals surface area contributed by atoms with Gasteiger partial charge in [-0.3, -0.25) is 34.2 Å². The van der Waals surface area contributed by atoms with E-state index in [9.17, 15) is 29.2 Å². The number of ketones is 1. The van der Waals surface area contributed by atoms with E-state index in [2.05, 4.69) is 64.4 Å². The van der Waals surface area contributed by atoms with Gasteiger partial charge in [0.2, 0.25) is 17.7 Å². The fourth-order valence-electron chi connectivity index (χ4n) is 10.5. The quantitative estimate of drug-likeness (QED) is 0.136. The van der Waals surface area contributed by atoms with Gasteiger partial charge in [0.15, 0.2) is 5.78 Å². The van der Waals surface area contributed by atoms with Crippen LogP contribution in [0, 0.1) is 11.3 Å². The number of imide groups is 1. The molecule has 0 saturated carbocycles. The lowest BCUT2D eigenvalue weighted by atomic mass is 9.70. The van der Waals surface area contributed by atoms with Gasteiger partial charge in [0.1, 0.15) is 6.04 Å². The van der Waals surface area contributed by atoms with Crippen molar-refractivity contribution in [3.63, 3.8) is 0 Å². The molecule has 0 radical (unpaired) electrons. The van der Waals surface area contributed by atoms with Gasteiger partial charge in [0.25, 0.3) is 5.91 Å². The van der Waals surface area contributed by atoms with Gasteiger partial charge in [-0.05, 0) is 86.1 Å². The first-order chi connectivity index (χ1) is 29.5. The summed E-state index contributed by atoms with van der Waals surface area (Å²) < 4.78 is 0. The van der Waals surface area contributed by atoms with E-state index >= 15 is 0 Å². The van der Waals surface area contributed by atoms with Crippen LogP contribution in [0.3, 0.4) is 0 Å². The molecular formula is C48H54N8O5. The third kappa shape index (κ3) is 7.24. The first kappa shape index (κ1) is 40.4. The number of piperazine rings is 1. The van der Waals surface area contributed by atoms with Gasteiger partial charge >= 0.3 is 0 Å². The van der Waals surface area contributed by atoms with Crippen molar-refractivity contribution < 1.29 is 24.0 Å². The number of nitriles is 1.